The Bertz CT molecular complexity index is 1050. The highest BCUT2D eigenvalue weighted by molar-refractivity contribution is 5.80. The minimum Gasteiger partial charge on any atom is -0.403 e. The Labute approximate surface area is 167 Å². The number of ether oxygens (including phenoxy) is 1. The molecule has 0 heterocycles. The molecule has 0 N–H and O–H groups in total. The molecule has 4 rings (SSSR count). The third-order valence-electron chi connectivity index (χ3n) is 5.26. The number of halogens is 4. The molecule has 1 nitrogen and oxygen atoms in total. The van der Waals surface area contributed by atoms with Gasteiger partial charge in [0.25, 0.3) is 0 Å². The van der Waals surface area contributed by atoms with Crippen LogP contribution in [0, 0.1) is 5.82 Å². The maximum absolute atomic E-state index is 14.1. The highest BCUT2D eigenvalue weighted by Gasteiger charge is 2.32. The molecule has 0 unspecified atom stereocenters. The summed E-state index contributed by atoms with van der Waals surface area (Å²) in [6, 6.07) is 16.0. The topological polar surface area (TPSA) is 9.23 Å². The van der Waals surface area contributed by atoms with Gasteiger partial charge in [-0.15, -0.1) is 13.2 Å². The molecule has 1 aliphatic carbocycles. The number of unbranched alkanes of at least 4 members (excludes halogenated alkanes) is 1. The predicted molar refractivity (Wildman–Crippen MR) is 105 cm³/mol. The molecule has 0 spiro atoms. The van der Waals surface area contributed by atoms with Gasteiger partial charge in [-0.3, -0.25) is 0 Å². The number of benzene rings is 3. The first-order valence-electron chi connectivity index (χ1n) is 9.65. The van der Waals surface area contributed by atoms with Gasteiger partial charge in [-0.25, -0.2) is 4.39 Å². The molecular weight excluding hydrogens is 380 g/mol. The average Bonchev–Trinajstić information content (AvgIpc) is 3.03. The molecule has 150 valence electrons. The summed E-state index contributed by atoms with van der Waals surface area (Å²) in [5, 5.41) is 0. The Morgan fingerprint density at radius 1 is 0.862 bits per heavy atom. The fourth-order valence-electron chi connectivity index (χ4n) is 3.87. The average molecular weight is 400 g/mol. The molecule has 3 aromatic carbocycles. The van der Waals surface area contributed by atoms with Crippen molar-refractivity contribution in [1.82, 2.24) is 0 Å². The lowest BCUT2D eigenvalue weighted by molar-refractivity contribution is -0.275. The summed E-state index contributed by atoms with van der Waals surface area (Å²) >= 11 is 0. The molecule has 0 atom stereocenters. The van der Waals surface area contributed by atoms with Crippen LogP contribution in [0.1, 0.15) is 36.5 Å². The Morgan fingerprint density at radius 3 is 2.21 bits per heavy atom. The van der Waals surface area contributed by atoms with Gasteiger partial charge in [0.1, 0.15) is 0 Å². The van der Waals surface area contributed by atoms with Crippen molar-refractivity contribution >= 4 is 0 Å². The number of alkyl halides is 3. The Balaban J connectivity index is 1.60. The molecule has 0 fully saturated rings. The zero-order valence-electron chi connectivity index (χ0n) is 15.9. The summed E-state index contributed by atoms with van der Waals surface area (Å²) in [5.41, 5.74) is 7.41. The van der Waals surface area contributed by atoms with Crippen LogP contribution in [-0.4, -0.2) is 6.36 Å². The SMILES string of the molecule is CCCCc1ccc2c(c1)Cc1cc(-c3ccc(OC(F)(F)F)c(F)c3)ccc1-2. The van der Waals surface area contributed by atoms with E-state index in [9.17, 15) is 17.6 Å². The number of rotatable bonds is 5. The van der Waals surface area contributed by atoms with Gasteiger partial charge in [0.05, 0.1) is 0 Å². The fraction of sp³-hybridized carbons (Fsp3) is 0.250. The van der Waals surface area contributed by atoms with E-state index in [1.165, 1.54) is 22.8 Å². The van der Waals surface area contributed by atoms with Gasteiger partial charge < -0.3 is 4.74 Å². The largest absolute Gasteiger partial charge is 0.573 e. The minimum atomic E-state index is -4.92. The second-order valence-corrected chi connectivity index (χ2v) is 7.34. The van der Waals surface area contributed by atoms with Crippen LogP contribution in [-0.2, 0) is 12.8 Å². The Hall–Kier alpha value is -2.82. The van der Waals surface area contributed by atoms with Gasteiger partial charge in [-0.2, -0.15) is 0 Å². The van der Waals surface area contributed by atoms with Gasteiger partial charge in [-0.1, -0.05) is 55.8 Å². The lowest BCUT2D eigenvalue weighted by Crippen LogP contribution is -2.17. The maximum atomic E-state index is 14.1. The lowest BCUT2D eigenvalue weighted by atomic mass is 9.98. The predicted octanol–water partition coefficient (Wildman–Crippen LogP) is 7.31. The monoisotopic (exact) mass is 400 g/mol. The van der Waals surface area contributed by atoms with Crippen molar-refractivity contribution in [2.45, 2.75) is 39.0 Å². The zero-order chi connectivity index (χ0) is 20.6. The summed E-state index contributed by atoms with van der Waals surface area (Å²) in [6.45, 7) is 2.18. The molecule has 0 aliphatic heterocycles. The molecule has 29 heavy (non-hydrogen) atoms. The summed E-state index contributed by atoms with van der Waals surface area (Å²) in [7, 11) is 0. The highest BCUT2D eigenvalue weighted by Crippen LogP contribution is 2.39. The molecule has 3 aromatic rings. The number of hydrogen-bond donors (Lipinski definition) is 0. The van der Waals surface area contributed by atoms with Crippen LogP contribution < -0.4 is 4.74 Å². The van der Waals surface area contributed by atoms with Crippen LogP contribution in [0.15, 0.2) is 54.6 Å². The highest BCUT2D eigenvalue weighted by atomic mass is 19.4. The molecular formula is C24H20F4O. The van der Waals surface area contributed by atoms with Crippen LogP contribution in [0.4, 0.5) is 17.6 Å². The second kappa shape index (κ2) is 7.54. The first kappa shape index (κ1) is 19.5. The zero-order valence-corrected chi connectivity index (χ0v) is 15.9. The summed E-state index contributed by atoms with van der Waals surface area (Å²) < 4.78 is 54.8. The van der Waals surface area contributed by atoms with E-state index in [1.807, 2.05) is 18.2 Å². The summed E-state index contributed by atoms with van der Waals surface area (Å²) in [5.74, 6) is -1.86. The summed E-state index contributed by atoms with van der Waals surface area (Å²) in [4.78, 5) is 0. The minimum absolute atomic E-state index is 0.513. The van der Waals surface area contributed by atoms with E-state index in [2.05, 4.69) is 29.9 Å². The van der Waals surface area contributed by atoms with E-state index in [4.69, 9.17) is 0 Å². The third-order valence-corrected chi connectivity index (χ3v) is 5.26. The van der Waals surface area contributed by atoms with Crippen molar-refractivity contribution in [3.05, 3.63) is 77.1 Å². The Kier molecular flexibility index (Phi) is 5.07. The normalized spacial score (nSPS) is 12.6. The van der Waals surface area contributed by atoms with Crippen molar-refractivity contribution in [3.8, 4) is 28.0 Å². The summed E-state index contributed by atoms with van der Waals surface area (Å²) in [6.07, 6.45) is -0.732. The van der Waals surface area contributed by atoms with Crippen LogP contribution in [0.5, 0.6) is 5.75 Å². The van der Waals surface area contributed by atoms with Crippen molar-refractivity contribution in [1.29, 1.82) is 0 Å². The van der Waals surface area contributed by atoms with Gasteiger partial charge in [0.2, 0.25) is 0 Å². The van der Waals surface area contributed by atoms with E-state index in [1.54, 1.807) is 0 Å². The van der Waals surface area contributed by atoms with Crippen LogP contribution in [0.3, 0.4) is 0 Å². The van der Waals surface area contributed by atoms with E-state index in [-0.39, 0.29) is 0 Å². The Morgan fingerprint density at radius 2 is 1.52 bits per heavy atom. The van der Waals surface area contributed by atoms with Gasteiger partial charge in [0, 0.05) is 0 Å². The fourth-order valence-corrected chi connectivity index (χ4v) is 3.87. The van der Waals surface area contributed by atoms with Gasteiger partial charge >= 0.3 is 6.36 Å². The maximum Gasteiger partial charge on any atom is 0.573 e. The molecule has 5 heteroatoms. The van der Waals surface area contributed by atoms with Crippen LogP contribution >= 0.6 is 0 Å². The smallest absolute Gasteiger partial charge is 0.403 e. The number of fused-ring (bicyclic) bond motifs is 3. The van der Waals surface area contributed by atoms with E-state index >= 15 is 0 Å². The number of hydrogen-bond acceptors (Lipinski definition) is 1. The molecule has 0 aromatic heterocycles. The lowest BCUT2D eigenvalue weighted by Gasteiger charge is -2.11. The molecule has 0 amide bonds. The first-order valence-corrected chi connectivity index (χ1v) is 9.65. The molecule has 0 saturated carbocycles. The first-order chi connectivity index (χ1) is 13.8. The van der Waals surface area contributed by atoms with Crippen LogP contribution in [0.25, 0.3) is 22.3 Å². The van der Waals surface area contributed by atoms with Gasteiger partial charge in [-0.05, 0) is 70.3 Å². The van der Waals surface area contributed by atoms with E-state index in [0.29, 0.717) is 5.56 Å². The third kappa shape index (κ3) is 4.14. The van der Waals surface area contributed by atoms with E-state index < -0.39 is 17.9 Å². The van der Waals surface area contributed by atoms with Crippen molar-refractivity contribution in [3.63, 3.8) is 0 Å². The number of aryl methyl sites for hydroxylation is 1. The van der Waals surface area contributed by atoms with E-state index in [0.717, 1.165) is 54.5 Å². The standard InChI is InChI=1S/C24H20F4O/c1-2-3-4-15-5-8-20-18(11-15)13-19-12-16(6-9-21(19)20)17-7-10-23(22(25)14-17)29-24(26,27)28/h5-12,14H,2-4,13H2,1H3. The van der Waals surface area contributed by atoms with Crippen molar-refractivity contribution in [2.24, 2.45) is 0 Å². The van der Waals surface area contributed by atoms with Crippen molar-refractivity contribution in [2.75, 3.05) is 0 Å². The molecule has 0 bridgehead atoms. The molecule has 0 radical (unpaired) electrons. The van der Waals surface area contributed by atoms with Gasteiger partial charge in [0.15, 0.2) is 11.6 Å². The van der Waals surface area contributed by atoms with Crippen molar-refractivity contribution < 1.29 is 22.3 Å². The van der Waals surface area contributed by atoms with Crippen LogP contribution in [0.2, 0.25) is 0 Å². The quantitative estimate of drug-likeness (QED) is 0.319. The second-order valence-electron chi connectivity index (χ2n) is 7.34. The molecule has 0 saturated heterocycles. The molecule has 1 aliphatic rings.